The molecule has 1 unspecified atom stereocenters. The lowest BCUT2D eigenvalue weighted by Gasteiger charge is -2.31. The van der Waals surface area contributed by atoms with Gasteiger partial charge < -0.3 is 10.1 Å². The highest BCUT2D eigenvalue weighted by atomic mass is 16.5. The van der Waals surface area contributed by atoms with Gasteiger partial charge in [-0.25, -0.2) is 0 Å². The van der Waals surface area contributed by atoms with Crippen LogP contribution in [-0.2, 0) is 17.8 Å². The largest absolute Gasteiger partial charge is 0.380 e. The lowest BCUT2D eigenvalue weighted by Crippen LogP contribution is -2.40. The fourth-order valence-corrected chi connectivity index (χ4v) is 2.72. The highest BCUT2D eigenvalue weighted by molar-refractivity contribution is 4.94. The van der Waals surface area contributed by atoms with Crippen molar-refractivity contribution in [2.45, 2.75) is 50.9 Å². The van der Waals surface area contributed by atoms with Gasteiger partial charge in [0.05, 0.1) is 18.3 Å². The number of nitrogens with one attached hydrogen (secondary N) is 1. The summed E-state index contributed by atoms with van der Waals surface area (Å²) in [4.78, 5) is 2.46. The van der Waals surface area contributed by atoms with Crippen LogP contribution in [0.2, 0.25) is 0 Å². The molecule has 3 rings (SSSR count). The maximum absolute atomic E-state index is 5.45. The standard InChI is InChI=1S/C14H25N5O/c1-20-14-3-2-6-18(11-14)7-8-19-10-13(16-17-19)9-15-12-4-5-12/h10,12,14-15H,2-9,11H2,1H3. The van der Waals surface area contributed by atoms with Gasteiger partial charge in [0, 0.05) is 39.0 Å². The number of hydrogen-bond donors (Lipinski definition) is 1. The molecule has 1 saturated carbocycles. The smallest absolute Gasteiger partial charge is 0.0964 e. The fraction of sp³-hybridized carbons (Fsp3) is 0.857. The molecular weight excluding hydrogens is 254 g/mol. The number of piperidine rings is 1. The summed E-state index contributed by atoms with van der Waals surface area (Å²) in [6.07, 6.45) is 7.50. The Morgan fingerprint density at radius 2 is 2.25 bits per heavy atom. The van der Waals surface area contributed by atoms with Crippen molar-refractivity contribution in [3.05, 3.63) is 11.9 Å². The Labute approximate surface area is 120 Å². The van der Waals surface area contributed by atoms with E-state index in [9.17, 15) is 0 Å². The molecule has 2 fully saturated rings. The predicted molar refractivity (Wildman–Crippen MR) is 76.4 cm³/mol. The van der Waals surface area contributed by atoms with Crippen molar-refractivity contribution in [3.8, 4) is 0 Å². The van der Waals surface area contributed by atoms with Crippen LogP contribution in [0.1, 0.15) is 31.4 Å². The average Bonchev–Trinajstić information content (AvgIpc) is 3.21. The van der Waals surface area contributed by atoms with E-state index in [0.29, 0.717) is 6.10 Å². The highest BCUT2D eigenvalue weighted by Gasteiger charge is 2.21. The van der Waals surface area contributed by atoms with Crippen LogP contribution in [0.3, 0.4) is 0 Å². The van der Waals surface area contributed by atoms with Gasteiger partial charge >= 0.3 is 0 Å². The Morgan fingerprint density at radius 1 is 1.35 bits per heavy atom. The molecule has 0 amide bonds. The first-order valence-electron chi connectivity index (χ1n) is 7.71. The first-order chi connectivity index (χ1) is 9.83. The maximum atomic E-state index is 5.45. The van der Waals surface area contributed by atoms with Gasteiger partial charge in [-0.2, -0.15) is 0 Å². The van der Waals surface area contributed by atoms with Gasteiger partial charge in [-0.05, 0) is 32.2 Å². The number of rotatable bonds is 7. The summed E-state index contributed by atoms with van der Waals surface area (Å²) in [5.41, 5.74) is 1.05. The molecule has 20 heavy (non-hydrogen) atoms. The second kappa shape index (κ2) is 6.65. The Hall–Kier alpha value is -0.980. The number of nitrogens with zero attached hydrogens (tertiary/aromatic N) is 4. The molecule has 1 aliphatic heterocycles. The monoisotopic (exact) mass is 279 g/mol. The van der Waals surface area contributed by atoms with Crippen LogP contribution in [-0.4, -0.2) is 58.8 Å². The molecule has 2 heterocycles. The number of methoxy groups -OCH3 is 1. The van der Waals surface area contributed by atoms with Gasteiger partial charge in [0.2, 0.25) is 0 Å². The second-order valence-electron chi connectivity index (χ2n) is 5.93. The van der Waals surface area contributed by atoms with E-state index in [4.69, 9.17) is 4.74 Å². The molecule has 0 aromatic carbocycles. The van der Waals surface area contributed by atoms with Crippen molar-refractivity contribution >= 4 is 0 Å². The molecule has 1 aromatic rings. The maximum Gasteiger partial charge on any atom is 0.0964 e. The first kappa shape index (κ1) is 14.0. The number of ether oxygens (including phenoxy) is 1. The zero-order valence-corrected chi connectivity index (χ0v) is 12.3. The van der Waals surface area contributed by atoms with Crippen molar-refractivity contribution in [2.24, 2.45) is 0 Å². The van der Waals surface area contributed by atoms with Crippen LogP contribution in [0.15, 0.2) is 6.20 Å². The molecule has 112 valence electrons. The van der Waals surface area contributed by atoms with Crippen molar-refractivity contribution < 1.29 is 4.74 Å². The van der Waals surface area contributed by atoms with Crippen LogP contribution in [0.5, 0.6) is 0 Å². The van der Waals surface area contributed by atoms with Gasteiger partial charge in [0.25, 0.3) is 0 Å². The van der Waals surface area contributed by atoms with Crippen LogP contribution in [0.4, 0.5) is 0 Å². The summed E-state index contributed by atoms with van der Waals surface area (Å²) in [6, 6.07) is 0.722. The molecule has 1 N–H and O–H groups in total. The lowest BCUT2D eigenvalue weighted by molar-refractivity contribution is 0.0299. The van der Waals surface area contributed by atoms with Gasteiger partial charge in [0.15, 0.2) is 0 Å². The van der Waals surface area contributed by atoms with Crippen LogP contribution in [0.25, 0.3) is 0 Å². The number of likely N-dealkylation sites (tertiary alicyclic amines) is 1. The van der Waals surface area contributed by atoms with Crippen LogP contribution < -0.4 is 5.32 Å². The number of hydrogen-bond acceptors (Lipinski definition) is 5. The Bertz CT molecular complexity index is 417. The molecule has 6 heteroatoms. The fourth-order valence-electron chi connectivity index (χ4n) is 2.72. The summed E-state index contributed by atoms with van der Waals surface area (Å²) >= 11 is 0. The van der Waals surface area contributed by atoms with Gasteiger partial charge in [-0.15, -0.1) is 5.10 Å². The van der Waals surface area contributed by atoms with Crippen molar-refractivity contribution in [2.75, 3.05) is 26.7 Å². The second-order valence-corrected chi connectivity index (χ2v) is 5.93. The minimum Gasteiger partial charge on any atom is -0.380 e. The Morgan fingerprint density at radius 3 is 3.05 bits per heavy atom. The van der Waals surface area contributed by atoms with E-state index in [1.165, 1.54) is 32.2 Å². The van der Waals surface area contributed by atoms with Crippen LogP contribution in [0, 0.1) is 0 Å². The van der Waals surface area contributed by atoms with E-state index in [1.807, 2.05) is 11.8 Å². The van der Waals surface area contributed by atoms with E-state index >= 15 is 0 Å². The Kier molecular flexibility index (Phi) is 4.65. The highest BCUT2D eigenvalue weighted by Crippen LogP contribution is 2.18. The molecule has 1 aliphatic carbocycles. The summed E-state index contributed by atoms with van der Waals surface area (Å²) in [7, 11) is 1.81. The van der Waals surface area contributed by atoms with E-state index in [2.05, 4.69) is 26.7 Å². The van der Waals surface area contributed by atoms with Crippen LogP contribution >= 0.6 is 0 Å². The summed E-state index contributed by atoms with van der Waals surface area (Å²) in [6.45, 7) is 5.00. The van der Waals surface area contributed by atoms with E-state index in [-0.39, 0.29) is 0 Å². The minimum absolute atomic E-state index is 0.401. The van der Waals surface area contributed by atoms with Crippen molar-refractivity contribution in [3.63, 3.8) is 0 Å². The molecule has 1 aromatic heterocycles. The number of aromatic nitrogens is 3. The molecule has 1 atom stereocenters. The molecular formula is C14H25N5O. The molecule has 0 spiro atoms. The molecule has 2 aliphatic rings. The van der Waals surface area contributed by atoms with Gasteiger partial charge in [-0.3, -0.25) is 9.58 Å². The zero-order chi connectivity index (χ0) is 13.8. The van der Waals surface area contributed by atoms with Crippen molar-refractivity contribution in [1.82, 2.24) is 25.2 Å². The summed E-state index contributed by atoms with van der Waals surface area (Å²) in [5, 5.41) is 11.9. The average molecular weight is 279 g/mol. The van der Waals surface area contributed by atoms with E-state index in [1.54, 1.807) is 0 Å². The third-order valence-corrected chi connectivity index (χ3v) is 4.18. The summed E-state index contributed by atoms with van der Waals surface area (Å²) < 4.78 is 7.41. The SMILES string of the molecule is COC1CCCN(CCn2cc(CNC3CC3)nn2)C1. The first-order valence-corrected chi connectivity index (χ1v) is 7.71. The predicted octanol–water partition coefficient (Wildman–Crippen LogP) is 0.641. The van der Waals surface area contributed by atoms with Gasteiger partial charge in [-0.1, -0.05) is 5.21 Å². The van der Waals surface area contributed by atoms with E-state index < -0.39 is 0 Å². The normalized spacial score (nSPS) is 24.1. The van der Waals surface area contributed by atoms with Crippen molar-refractivity contribution in [1.29, 1.82) is 0 Å². The molecule has 6 nitrogen and oxygen atoms in total. The van der Waals surface area contributed by atoms with Gasteiger partial charge in [0.1, 0.15) is 0 Å². The molecule has 0 radical (unpaired) electrons. The lowest BCUT2D eigenvalue weighted by atomic mass is 10.1. The summed E-state index contributed by atoms with van der Waals surface area (Å²) in [5.74, 6) is 0. The molecule has 1 saturated heterocycles. The quantitative estimate of drug-likeness (QED) is 0.794. The Balaban J connectivity index is 1.40. The topological polar surface area (TPSA) is 55.2 Å². The molecule has 0 bridgehead atoms. The van der Waals surface area contributed by atoms with E-state index in [0.717, 1.165) is 37.9 Å². The zero-order valence-electron chi connectivity index (χ0n) is 12.3. The minimum atomic E-state index is 0.401. The third kappa shape index (κ3) is 4.01. The third-order valence-electron chi connectivity index (χ3n) is 4.18.